The summed E-state index contributed by atoms with van der Waals surface area (Å²) in [7, 11) is 1.40. The van der Waals surface area contributed by atoms with E-state index in [-0.39, 0.29) is 17.8 Å². The van der Waals surface area contributed by atoms with E-state index in [4.69, 9.17) is 0 Å². The molecule has 0 heterocycles. The van der Waals surface area contributed by atoms with Crippen molar-refractivity contribution in [1.29, 1.82) is 0 Å². The van der Waals surface area contributed by atoms with E-state index >= 15 is 0 Å². The molecule has 0 aliphatic heterocycles. The molecular formula is C17H27NO3. The SMILES string of the molecule is COC(=O)CCN(CCC1=CCCCC1)C(=O)C1CCC1. The molecule has 0 radical (unpaired) electrons. The number of esters is 1. The highest BCUT2D eigenvalue weighted by atomic mass is 16.5. The highest BCUT2D eigenvalue weighted by Crippen LogP contribution is 2.29. The van der Waals surface area contributed by atoms with Crippen molar-refractivity contribution in [3.8, 4) is 0 Å². The topological polar surface area (TPSA) is 46.6 Å². The van der Waals surface area contributed by atoms with Crippen LogP contribution in [0, 0.1) is 5.92 Å². The molecule has 21 heavy (non-hydrogen) atoms. The number of amides is 1. The number of nitrogens with zero attached hydrogens (tertiary/aromatic N) is 1. The van der Waals surface area contributed by atoms with E-state index < -0.39 is 0 Å². The van der Waals surface area contributed by atoms with Crippen LogP contribution < -0.4 is 0 Å². The predicted octanol–water partition coefficient (Wildman–Crippen LogP) is 3.07. The number of allylic oxidation sites excluding steroid dienone is 1. The van der Waals surface area contributed by atoms with Gasteiger partial charge in [0.15, 0.2) is 0 Å². The van der Waals surface area contributed by atoms with E-state index in [2.05, 4.69) is 10.8 Å². The lowest BCUT2D eigenvalue weighted by atomic mass is 9.84. The van der Waals surface area contributed by atoms with Crippen LogP contribution in [0.3, 0.4) is 0 Å². The van der Waals surface area contributed by atoms with Crippen LogP contribution >= 0.6 is 0 Å². The van der Waals surface area contributed by atoms with Gasteiger partial charge in [0.2, 0.25) is 5.91 Å². The molecule has 0 bridgehead atoms. The fourth-order valence-electron chi connectivity index (χ4n) is 2.98. The average molecular weight is 293 g/mol. The molecule has 4 nitrogen and oxygen atoms in total. The van der Waals surface area contributed by atoms with Crippen LogP contribution in [-0.4, -0.2) is 37.0 Å². The minimum Gasteiger partial charge on any atom is -0.469 e. The number of hydrogen-bond donors (Lipinski definition) is 0. The van der Waals surface area contributed by atoms with Crippen LogP contribution in [0.4, 0.5) is 0 Å². The summed E-state index contributed by atoms with van der Waals surface area (Å²) in [5.74, 6) is 0.197. The van der Waals surface area contributed by atoms with Gasteiger partial charge in [0.05, 0.1) is 13.5 Å². The van der Waals surface area contributed by atoms with E-state index in [1.807, 2.05) is 4.90 Å². The van der Waals surface area contributed by atoms with Crippen molar-refractivity contribution in [2.24, 2.45) is 5.92 Å². The summed E-state index contributed by atoms with van der Waals surface area (Å²) in [6.45, 7) is 1.24. The van der Waals surface area contributed by atoms with Gasteiger partial charge in [0.25, 0.3) is 0 Å². The first-order valence-electron chi connectivity index (χ1n) is 8.24. The second kappa shape index (κ2) is 8.20. The summed E-state index contributed by atoms with van der Waals surface area (Å²) in [6, 6.07) is 0. The van der Waals surface area contributed by atoms with Crippen LogP contribution in [0.25, 0.3) is 0 Å². The molecule has 2 aliphatic rings. The largest absolute Gasteiger partial charge is 0.469 e. The van der Waals surface area contributed by atoms with Gasteiger partial charge in [-0.25, -0.2) is 0 Å². The Morgan fingerprint density at radius 2 is 2.05 bits per heavy atom. The minimum absolute atomic E-state index is 0.197. The molecular weight excluding hydrogens is 266 g/mol. The molecule has 1 fully saturated rings. The number of hydrogen-bond acceptors (Lipinski definition) is 3. The first-order chi connectivity index (χ1) is 10.2. The van der Waals surface area contributed by atoms with Crippen LogP contribution in [0.15, 0.2) is 11.6 Å². The van der Waals surface area contributed by atoms with E-state index in [1.54, 1.807) is 0 Å². The standard InChI is InChI=1S/C17H27NO3/c1-21-16(19)11-13-18(17(20)15-8-5-9-15)12-10-14-6-3-2-4-7-14/h6,15H,2-5,7-13H2,1H3. The Kier molecular flexibility index (Phi) is 6.27. The number of rotatable bonds is 7. The summed E-state index contributed by atoms with van der Waals surface area (Å²) in [6.07, 6.45) is 11.7. The van der Waals surface area contributed by atoms with Crippen LogP contribution in [-0.2, 0) is 14.3 Å². The van der Waals surface area contributed by atoms with Gasteiger partial charge in [0, 0.05) is 19.0 Å². The van der Waals surface area contributed by atoms with Crippen molar-refractivity contribution in [3.05, 3.63) is 11.6 Å². The molecule has 0 atom stereocenters. The molecule has 4 heteroatoms. The number of ether oxygens (including phenoxy) is 1. The smallest absolute Gasteiger partial charge is 0.307 e. The highest BCUT2D eigenvalue weighted by molar-refractivity contribution is 5.80. The lowest BCUT2D eigenvalue weighted by molar-refractivity contribution is -0.143. The number of methoxy groups -OCH3 is 1. The normalized spacial score (nSPS) is 18.6. The quantitative estimate of drug-likeness (QED) is 0.535. The van der Waals surface area contributed by atoms with Crippen molar-refractivity contribution in [1.82, 2.24) is 4.90 Å². The maximum Gasteiger partial charge on any atom is 0.307 e. The lowest BCUT2D eigenvalue weighted by Gasteiger charge is -2.32. The third kappa shape index (κ3) is 4.87. The molecule has 0 spiro atoms. The van der Waals surface area contributed by atoms with E-state index in [0.29, 0.717) is 13.0 Å². The fraction of sp³-hybridized carbons (Fsp3) is 0.765. The third-order valence-corrected chi connectivity index (χ3v) is 4.67. The third-order valence-electron chi connectivity index (χ3n) is 4.67. The Labute approximate surface area is 127 Å². The number of carbonyl (C=O) groups excluding carboxylic acids is 2. The predicted molar refractivity (Wildman–Crippen MR) is 81.7 cm³/mol. The van der Waals surface area contributed by atoms with Gasteiger partial charge in [-0.05, 0) is 44.9 Å². The molecule has 0 aromatic rings. The molecule has 0 saturated heterocycles. The molecule has 1 saturated carbocycles. The lowest BCUT2D eigenvalue weighted by Crippen LogP contribution is -2.40. The molecule has 1 amide bonds. The molecule has 0 unspecified atom stereocenters. The van der Waals surface area contributed by atoms with Crippen LogP contribution in [0.5, 0.6) is 0 Å². The summed E-state index contributed by atoms with van der Waals surface area (Å²) >= 11 is 0. The van der Waals surface area contributed by atoms with Crippen LogP contribution in [0.1, 0.15) is 57.8 Å². The second-order valence-electron chi connectivity index (χ2n) is 6.14. The van der Waals surface area contributed by atoms with Gasteiger partial charge in [-0.15, -0.1) is 0 Å². The van der Waals surface area contributed by atoms with E-state index in [0.717, 1.165) is 32.2 Å². The van der Waals surface area contributed by atoms with Gasteiger partial charge in [0.1, 0.15) is 0 Å². The maximum absolute atomic E-state index is 12.5. The van der Waals surface area contributed by atoms with Crippen LogP contribution in [0.2, 0.25) is 0 Å². The van der Waals surface area contributed by atoms with Gasteiger partial charge in [-0.1, -0.05) is 18.1 Å². The van der Waals surface area contributed by atoms with Gasteiger partial charge in [-0.2, -0.15) is 0 Å². The minimum atomic E-state index is -0.238. The Hall–Kier alpha value is -1.32. The van der Waals surface area contributed by atoms with Crippen molar-refractivity contribution in [2.75, 3.05) is 20.2 Å². The molecule has 0 aromatic carbocycles. The molecule has 118 valence electrons. The van der Waals surface area contributed by atoms with Gasteiger partial charge >= 0.3 is 5.97 Å². The molecule has 2 aliphatic carbocycles. The zero-order chi connectivity index (χ0) is 15.1. The Bertz CT molecular complexity index is 399. The van der Waals surface area contributed by atoms with Crippen molar-refractivity contribution in [2.45, 2.75) is 57.8 Å². The maximum atomic E-state index is 12.5. The molecule has 2 rings (SSSR count). The van der Waals surface area contributed by atoms with E-state index in [9.17, 15) is 9.59 Å². The Morgan fingerprint density at radius 3 is 2.62 bits per heavy atom. The van der Waals surface area contributed by atoms with Crippen molar-refractivity contribution in [3.63, 3.8) is 0 Å². The summed E-state index contributed by atoms with van der Waals surface area (Å²) in [4.78, 5) is 25.7. The molecule has 0 aromatic heterocycles. The van der Waals surface area contributed by atoms with E-state index in [1.165, 1.54) is 38.4 Å². The summed E-state index contributed by atoms with van der Waals surface area (Å²) in [5, 5.41) is 0. The summed E-state index contributed by atoms with van der Waals surface area (Å²) in [5.41, 5.74) is 1.48. The fourth-order valence-corrected chi connectivity index (χ4v) is 2.98. The first kappa shape index (κ1) is 16.1. The number of carbonyl (C=O) groups is 2. The average Bonchev–Trinajstić information content (AvgIpc) is 2.46. The summed E-state index contributed by atoms with van der Waals surface area (Å²) < 4.78 is 4.69. The Morgan fingerprint density at radius 1 is 1.24 bits per heavy atom. The monoisotopic (exact) mass is 293 g/mol. The zero-order valence-electron chi connectivity index (χ0n) is 13.1. The van der Waals surface area contributed by atoms with Gasteiger partial charge < -0.3 is 9.64 Å². The van der Waals surface area contributed by atoms with Crippen molar-refractivity contribution < 1.29 is 14.3 Å². The van der Waals surface area contributed by atoms with Crippen molar-refractivity contribution >= 4 is 11.9 Å². The first-order valence-corrected chi connectivity index (χ1v) is 8.24. The zero-order valence-corrected chi connectivity index (χ0v) is 13.1. The second-order valence-corrected chi connectivity index (χ2v) is 6.14. The highest BCUT2D eigenvalue weighted by Gasteiger charge is 2.29. The van der Waals surface area contributed by atoms with Gasteiger partial charge in [-0.3, -0.25) is 9.59 Å². The molecule has 0 N–H and O–H groups in total. The Balaban J connectivity index is 1.85.